The number of phenols is 1. The molecule has 2 rings (SSSR count). The standard InChI is InChI=1S/C14H21NO/c1-2-11-7-13(10-14(16)9-11)8-12-3-5-15-6-4-12/h7,9-10,12,15-16H,2-6,8H2,1H3. The number of hydrogen-bond donors (Lipinski definition) is 2. The van der Waals surface area contributed by atoms with Crippen LogP contribution in [0, 0.1) is 5.92 Å². The summed E-state index contributed by atoms with van der Waals surface area (Å²) >= 11 is 0. The zero-order valence-corrected chi connectivity index (χ0v) is 10.00. The molecule has 1 aliphatic heterocycles. The van der Waals surface area contributed by atoms with Crippen LogP contribution in [0.1, 0.15) is 30.9 Å². The second-order valence-corrected chi connectivity index (χ2v) is 4.76. The van der Waals surface area contributed by atoms with Crippen molar-refractivity contribution in [2.75, 3.05) is 13.1 Å². The Labute approximate surface area is 97.7 Å². The first-order valence-corrected chi connectivity index (χ1v) is 6.30. The summed E-state index contributed by atoms with van der Waals surface area (Å²) in [5.74, 6) is 1.20. The van der Waals surface area contributed by atoms with Crippen LogP contribution < -0.4 is 5.32 Å². The molecule has 0 bridgehead atoms. The van der Waals surface area contributed by atoms with Gasteiger partial charge in [-0.1, -0.05) is 13.0 Å². The summed E-state index contributed by atoms with van der Waals surface area (Å²) in [4.78, 5) is 0. The van der Waals surface area contributed by atoms with Gasteiger partial charge in [0.15, 0.2) is 0 Å². The fourth-order valence-corrected chi connectivity index (χ4v) is 2.48. The van der Waals surface area contributed by atoms with Crippen molar-refractivity contribution in [3.05, 3.63) is 29.3 Å². The Morgan fingerprint density at radius 2 is 1.88 bits per heavy atom. The monoisotopic (exact) mass is 219 g/mol. The zero-order chi connectivity index (χ0) is 11.4. The minimum Gasteiger partial charge on any atom is -0.508 e. The third-order valence-corrected chi connectivity index (χ3v) is 3.43. The summed E-state index contributed by atoms with van der Waals surface area (Å²) < 4.78 is 0. The molecule has 16 heavy (non-hydrogen) atoms. The number of nitrogens with one attached hydrogen (secondary N) is 1. The number of phenolic OH excluding ortho intramolecular Hbond substituents is 1. The van der Waals surface area contributed by atoms with Crippen molar-refractivity contribution in [3.63, 3.8) is 0 Å². The molecule has 0 amide bonds. The molecule has 0 radical (unpaired) electrons. The van der Waals surface area contributed by atoms with Crippen LogP contribution in [0.3, 0.4) is 0 Å². The number of benzene rings is 1. The second kappa shape index (κ2) is 5.35. The molecule has 88 valence electrons. The zero-order valence-electron chi connectivity index (χ0n) is 10.00. The van der Waals surface area contributed by atoms with Gasteiger partial charge in [-0.05, 0) is 68.0 Å². The van der Waals surface area contributed by atoms with Gasteiger partial charge in [0, 0.05) is 0 Å². The van der Waals surface area contributed by atoms with Crippen LogP contribution in [0.25, 0.3) is 0 Å². The largest absolute Gasteiger partial charge is 0.508 e. The summed E-state index contributed by atoms with van der Waals surface area (Å²) in [7, 11) is 0. The van der Waals surface area contributed by atoms with E-state index >= 15 is 0 Å². The first-order chi connectivity index (χ1) is 7.78. The van der Waals surface area contributed by atoms with Crippen LogP contribution in [0.15, 0.2) is 18.2 Å². The highest BCUT2D eigenvalue weighted by Crippen LogP contribution is 2.22. The van der Waals surface area contributed by atoms with Crippen LogP contribution in [0.4, 0.5) is 0 Å². The molecule has 2 nitrogen and oxygen atoms in total. The van der Waals surface area contributed by atoms with E-state index in [9.17, 15) is 5.11 Å². The van der Waals surface area contributed by atoms with Crippen LogP contribution >= 0.6 is 0 Å². The van der Waals surface area contributed by atoms with Gasteiger partial charge in [-0.3, -0.25) is 0 Å². The molecule has 2 N–H and O–H groups in total. The van der Waals surface area contributed by atoms with E-state index in [-0.39, 0.29) is 0 Å². The van der Waals surface area contributed by atoms with E-state index in [0.29, 0.717) is 5.75 Å². The Morgan fingerprint density at radius 1 is 1.19 bits per heavy atom. The van der Waals surface area contributed by atoms with E-state index in [0.717, 1.165) is 31.8 Å². The minimum absolute atomic E-state index is 0.420. The lowest BCUT2D eigenvalue weighted by molar-refractivity contribution is 0.372. The maximum atomic E-state index is 9.64. The molecule has 0 atom stereocenters. The third-order valence-electron chi connectivity index (χ3n) is 3.43. The van der Waals surface area contributed by atoms with Gasteiger partial charge in [0.05, 0.1) is 0 Å². The number of hydrogen-bond acceptors (Lipinski definition) is 2. The Bertz CT molecular complexity index is 343. The summed E-state index contributed by atoms with van der Waals surface area (Å²) in [6, 6.07) is 6.02. The maximum Gasteiger partial charge on any atom is 0.116 e. The average Bonchev–Trinajstić information content (AvgIpc) is 2.29. The SMILES string of the molecule is CCc1cc(O)cc(CC2CCNCC2)c1. The maximum absolute atomic E-state index is 9.64. The van der Waals surface area contributed by atoms with Gasteiger partial charge in [-0.15, -0.1) is 0 Å². The molecule has 1 fully saturated rings. The van der Waals surface area contributed by atoms with Gasteiger partial charge in [0.25, 0.3) is 0 Å². The number of piperidine rings is 1. The quantitative estimate of drug-likeness (QED) is 0.818. The molecule has 0 unspecified atom stereocenters. The highest BCUT2D eigenvalue weighted by molar-refractivity contribution is 5.33. The van der Waals surface area contributed by atoms with E-state index in [2.05, 4.69) is 18.3 Å². The van der Waals surface area contributed by atoms with E-state index in [1.807, 2.05) is 12.1 Å². The van der Waals surface area contributed by atoms with Crippen LogP contribution in [0.5, 0.6) is 5.75 Å². The van der Waals surface area contributed by atoms with E-state index < -0.39 is 0 Å². The highest BCUT2D eigenvalue weighted by Gasteiger charge is 2.13. The van der Waals surface area contributed by atoms with Crippen molar-refractivity contribution in [2.24, 2.45) is 5.92 Å². The fourth-order valence-electron chi connectivity index (χ4n) is 2.48. The van der Waals surface area contributed by atoms with Gasteiger partial charge in [0.2, 0.25) is 0 Å². The smallest absolute Gasteiger partial charge is 0.116 e. The molecule has 0 aromatic heterocycles. The molecule has 1 saturated heterocycles. The van der Waals surface area contributed by atoms with E-state index in [1.54, 1.807) is 0 Å². The van der Waals surface area contributed by atoms with Crippen LogP contribution in [-0.4, -0.2) is 18.2 Å². The molecule has 1 heterocycles. The van der Waals surface area contributed by atoms with Crippen molar-refractivity contribution >= 4 is 0 Å². The molecular formula is C14H21NO. The van der Waals surface area contributed by atoms with Gasteiger partial charge in [-0.25, -0.2) is 0 Å². The summed E-state index contributed by atoms with van der Waals surface area (Å²) in [5.41, 5.74) is 2.53. The van der Waals surface area contributed by atoms with E-state index in [1.165, 1.54) is 24.0 Å². The lowest BCUT2D eigenvalue weighted by Gasteiger charge is -2.22. The molecule has 0 spiro atoms. The molecule has 1 aliphatic rings. The lowest BCUT2D eigenvalue weighted by atomic mass is 9.90. The second-order valence-electron chi connectivity index (χ2n) is 4.76. The summed E-state index contributed by atoms with van der Waals surface area (Å²) in [6.07, 6.45) is 4.63. The molecule has 0 aliphatic carbocycles. The fraction of sp³-hybridized carbons (Fsp3) is 0.571. The van der Waals surface area contributed by atoms with Crippen molar-refractivity contribution in [3.8, 4) is 5.75 Å². The Balaban J connectivity index is 2.04. The van der Waals surface area contributed by atoms with Crippen LogP contribution in [0.2, 0.25) is 0 Å². The lowest BCUT2D eigenvalue weighted by Crippen LogP contribution is -2.28. The molecular weight excluding hydrogens is 198 g/mol. The van der Waals surface area contributed by atoms with E-state index in [4.69, 9.17) is 0 Å². The first kappa shape index (κ1) is 11.5. The average molecular weight is 219 g/mol. The molecule has 0 saturated carbocycles. The molecule has 1 aromatic rings. The van der Waals surface area contributed by atoms with Crippen molar-refractivity contribution in [1.82, 2.24) is 5.32 Å². The Kier molecular flexibility index (Phi) is 3.83. The normalized spacial score (nSPS) is 17.6. The van der Waals surface area contributed by atoms with Crippen molar-refractivity contribution in [2.45, 2.75) is 32.6 Å². The number of aromatic hydroxyl groups is 1. The Morgan fingerprint density at radius 3 is 2.56 bits per heavy atom. The first-order valence-electron chi connectivity index (χ1n) is 6.30. The van der Waals surface area contributed by atoms with Crippen LogP contribution in [-0.2, 0) is 12.8 Å². The summed E-state index contributed by atoms with van der Waals surface area (Å²) in [5, 5.41) is 13.0. The predicted molar refractivity (Wildman–Crippen MR) is 66.8 cm³/mol. The minimum atomic E-state index is 0.420. The Hall–Kier alpha value is -1.02. The van der Waals surface area contributed by atoms with Gasteiger partial charge >= 0.3 is 0 Å². The molecule has 1 aromatic carbocycles. The van der Waals surface area contributed by atoms with Crippen molar-refractivity contribution in [1.29, 1.82) is 0 Å². The predicted octanol–water partition coefficient (Wildman–Crippen LogP) is 2.50. The summed E-state index contributed by atoms with van der Waals surface area (Å²) in [6.45, 7) is 4.41. The van der Waals surface area contributed by atoms with Gasteiger partial charge < -0.3 is 10.4 Å². The third kappa shape index (κ3) is 2.99. The van der Waals surface area contributed by atoms with Crippen molar-refractivity contribution < 1.29 is 5.11 Å². The van der Waals surface area contributed by atoms with Gasteiger partial charge in [0.1, 0.15) is 5.75 Å². The number of aryl methyl sites for hydroxylation is 1. The number of rotatable bonds is 3. The molecule has 2 heteroatoms. The topological polar surface area (TPSA) is 32.3 Å². The van der Waals surface area contributed by atoms with Gasteiger partial charge in [-0.2, -0.15) is 0 Å². The highest BCUT2D eigenvalue weighted by atomic mass is 16.3.